The van der Waals surface area contributed by atoms with Crippen molar-refractivity contribution >= 4 is 35.5 Å². The lowest BCUT2D eigenvalue weighted by atomic mass is 9.89. The zero-order valence-electron chi connectivity index (χ0n) is 12.2. The molecule has 1 aliphatic rings. The molecule has 1 saturated heterocycles. The molecule has 0 aromatic heterocycles. The fourth-order valence-corrected chi connectivity index (χ4v) is 3.49. The summed E-state index contributed by atoms with van der Waals surface area (Å²) in [7, 11) is 0. The van der Waals surface area contributed by atoms with E-state index in [-0.39, 0.29) is 16.5 Å². The smallest absolute Gasteiger partial charge is 0.390 e. The summed E-state index contributed by atoms with van der Waals surface area (Å²) < 4.78 is 6.22. The first-order valence-corrected chi connectivity index (χ1v) is 7.78. The van der Waals surface area contributed by atoms with Gasteiger partial charge in [-0.1, -0.05) is 35.8 Å². The predicted octanol–water partition coefficient (Wildman–Crippen LogP) is 5.01. The zero-order chi connectivity index (χ0) is 14.3. The fourth-order valence-electron chi connectivity index (χ4n) is 1.95. The minimum atomic E-state index is -0.115. The van der Waals surface area contributed by atoms with Crippen molar-refractivity contribution < 1.29 is 4.65 Å². The Bertz CT molecular complexity index is 495. The van der Waals surface area contributed by atoms with E-state index in [0.717, 1.165) is 16.1 Å². The second-order valence-corrected chi connectivity index (χ2v) is 8.07. The topological polar surface area (TPSA) is 9.23 Å². The lowest BCUT2D eigenvalue weighted by molar-refractivity contribution is 0.0936. The third-order valence-electron chi connectivity index (χ3n) is 4.01. The second kappa shape index (κ2) is 5.19. The summed E-state index contributed by atoms with van der Waals surface area (Å²) in [5.74, 6) is 2.12. The molecule has 1 heterocycles. The van der Waals surface area contributed by atoms with E-state index < -0.39 is 0 Å². The van der Waals surface area contributed by atoms with Gasteiger partial charge < -0.3 is 4.65 Å². The molecular weight excluding hydrogens is 274 g/mol. The Hall–Kier alpha value is -0.375. The van der Waals surface area contributed by atoms with Crippen molar-refractivity contribution in [3.05, 3.63) is 40.3 Å². The van der Waals surface area contributed by atoms with Gasteiger partial charge in [0.25, 0.3) is 0 Å². The SMILES string of the molecule is Cc1c(Cl)cccc1/C=C/B1OC(C)(C)C(C)(C)S1. The summed E-state index contributed by atoms with van der Waals surface area (Å²) >= 11 is 7.99. The summed E-state index contributed by atoms with van der Waals surface area (Å²) in [4.78, 5) is 0. The molecule has 1 aromatic carbocycles. The van der Waals surface area contributed by atoms with E-state index in [9.17, 15) is 0 Å². The molecular formula is C15H20BClOS. The van der Waals surface area contributed by atoms with Crippen LogP contribution < -0.4 is 0 Å². The number of rotatable bonds is 2. The number of benzene rings is 1. The normalized spacial score (nSPS) is 21.3. The first kappa shape index (κ1) is 15.0. The van der Waals surface area contributed by atoms with Crippen LogP contribution in [-0.4, -0.2) is 16.5 Å². The maximum Gasteiger partial charge on any atom is 0.390 e. The van der Waals surface area contributed by atoms with Gasteiger partial charge >= 0.3 is 6.19 Å². The minimum absolute atomic E-state index is 0.100. The summed E-state index contributed by atoms with van der Waals surface area (Å²) in [6.45, 7) is 10.8. The molecule has 102 valence electrons. The Balaban J connectivity index is 2.15. The van der Waals surface area contributed by atoms with E-state index in [2.05, 4.69) is 45.8 Å². The first-order chi connectivity index (χ1) is 8.73. The van der Waals surface area contributed by atoms with Crippen molar-refractivity contribution in [2.45, 2.75) is 45.0 Å². The van der Waals surface area contributed by atoms with E-state index in [4.69, 9.17) is 16.3 Å². The Morgan fingerprint density at radius 3 is 2.53 bits per heavy atom. The van der Waals surface area contributed by atoms with Gasteiger partial charge in [0.1, 0.15) is 0 Å². The second-order valence-electron chi connectivity index (χ2n) is 5.94. The van der Waals surface area contributed by atoms with Crippen LogP contribution >= 0.6 is 23.2 Å². The van der Waals surface area contributed by atoms with Gasteiger partial charge in [0.2, 0.25) is 0 Å². The van der Waals surface area contributed by atoms with Crippen molar-refractivity contribution in [2.75, 3.05) is 0 Å². The molecule has 1 aliphatic heterocycles. The monoisotopic (exact) mass is 294 g/mol. The van der Waals surface area contributed by atoms with Gasteiger partial charge in [-0.05, 0) is 51.8 Å². The molecule has 0 radical (unpaired) electrons. The van der Waals surface area contributed by atoms with Gasteiger partial charge in [-0.25, -0.2) is 0 Å². The molecule has 2 rings (SSSR count). The Kier molecular flexibility index (Phi) is 4.11. The van der Waals surface area contributed by atoms with Crippen LogP contribution in [0, 0.1) is 6.92 Å². The van der Waals surface area contributed by atoms with Crippen molar-refractivity contribution in [3.63, 3.8) is 0 Å². The lowest BCUT2D eigenvalue weighted by Gasteiger charge is -2.32. The minimum Gasteiger partial charge on any atom is -0.416 e. The third-order valence-corrected chi connectivity index (χ3v) is 5.99. The quantitative estimate of drug-likeness (QED) is 0.709. The molecule has 0 aliphatic carbocycles. The molecule has 0 atom stereocenters. The van der Waals surface area contributed by atoms with Crippen LogP contribution in [0.2, 0.25) is 5.02 Å². The highest BCUT2D eigenvalue weighted by Crippen LogP contribution is 2.47. The third kappa shape index (κ3) is 3.04. The average molecular weight is 295 g/mol. The molecule has 0 amide bonds. The largest absolute Gasteiger partial charge is 0.416 e. The lowest BCUT2D eigenvalue weighted by Crippen LogP contribution is -2.39. The number of halogens is 1. The highest BCUT2D eigenvalue weighted by molar-refractivity contribution is 8.26. The van der Waals surface area contributed by atoms with Crippen LogP contribution in [0.15, 0.2) is 24.2 Å². The van der Waals surface area contributed by atoms with Crippen LogP contribution in [0.4, 0.5) is 0 Å². The first-order valence-electron chi connectivity index (χ1n) is 6.52. The Morgan fingerprint density at radius 2 is 1.95 bits per heavy atom. The van der Waals surface area contributed by atoms with Crippen LogP contribution in [-0.2, 0) is 4.65 Å². The molecule has 0 spiro atoms. The van der Waals surface area contributed by atoms with Crippen LogP contribution in [0.5, 0.6) is 0 Å². The van der Waals surface area contributed by atoms with E-state index in [0.29, 0.717) is 0 Å². The molecule has 0 bridgehead atoms. The van der Waals surface area contributed by atoms with Crippen LogP contribution in [0.3, 0.4) is 0 Å². The highest BCUT2D eigenvalue weighted by atomic mass is 35.5. The highest BCUT2D eigenvalue weighted by Gasteiger charge is 2.49. The predicted molar refractivity (Wildman–Crippen MR) is 87.8 cm³/mol. The molecule has 0 unspecified atom stereocenters. The van der Waals surface area contributed by atoms with Crippen molar-refractivity contribution in [1.82, 2.24) is 0 Å². The molecule has 1 fully saturated rings. The fraction of sp³-hybridized carbons (Fsp3) is 0.467. The maximum atomic E-state index is 6.13. The van der Waals surface area contributed by atoms with Gasteiger partial charge in [-0.3, -0.25) is 0 Å². The van der Waals surface area contributed by atoms with Gasteiger partial charge in [-0.2, -0.15) is 11.6 Å². The molecule has 1 aromatic rings. The van der Waals surface area contributed by atoms with E-state index in [1.807, 2.05) is 30.7 Å². The Morgan fingerprint density at radius 1 is 1.26 bits per heavy atom. The number of hydrogen-bond donors (Lipinski definition) is 0. The van der Waals surface area contributed by atoms with E-state index in [1.54, 1.807) is 0 Å². The standard InChI is InChI=1S/C15H20BClOS/c1-11-12(7-6-8-13(11)17)9-10-16-18-14(2,3)15(4,5)19-16/h6-10H,1-5H3/b10-9+. The summed E-state index contributed by atoms with van der Waals surface area (Å²) in [6.07, 6.45) is 2.21. The van der Waals surface area contributed by atoms with Gasteiger partial charge in [0.15, 0.2) is 0 Å². The maximum absolute atomic E-state index is 6.13. The molecule has 1 nitrogen and oxygen atoms in total. The molecule has 4 heteroatoms. The van der Waals surface area contributed by atoms with Crippen molar-refractivity contribution in [3.8, 4) is 0 Å². The van der Waals surface area contributed by atoms with E-state index >= 15 is 0 Å². The van der Waals surface area contributed by atoms with Crippen molar-refractivity contribution in [1.29, 1.82) is 0 Å². The summed E-state index contributed by atoms with van der Waals surface area (Å²) in [5, 5.41) is 0.808. The molecule has 0 N–H and O–H groups in total. The van der Waals surface area contributed by atoms with Gasteiger partial charge in [0.05, 0.1) is 5.60 Å². The zero-order valence-corrected chi connectivity index (χ0v) is 13.7. The van der Waals surface area contributed by atoms with Gasteiger partial charge in [0, 0.05) is 9.77 Å². The number of hydrogen-bond acceptors (Lipinski definition) is 2. The van der Waals surface area contributed by atoms with E-state index in [1.165, 1.54) is 0 Å². The average Bonchev–Trinajstić information content (AvgIpc) is 2.50. The van der Waals surface area contributed by atoms with Crippen LogP contribution in [0.25, 0.3) is 6.08 Å². The van der Waals surface area contributed by atoms with Gasteiger partial charge in [-0.15, -0.1) is 0 Å². The van der Waals surface area contributed by atoms with Crippen LogP contribution in [0.1, 0.15) is 38.8 Å². The molecule has 19 heavy (non-hydrogen) atoms. The Labute approximate surface area is 125 Å². The molecule has 0 saturated carbocycles. The van der Waals surface area contributed by atoms with Crippen molar-refractivity contribution in [2.24, 2.45) is 0 Å². The summed E-state index contributed by atoms with van der Waals surface area (Å²) in [5.41, 5.74) is 2.15. The summed E-state index contributed by atoms with van der Waals surface area (Å²) in [6, 6.07) is 5.97.